The maximum absolute atomic E-state index is 11.6. The molecule has 40 heavy (non-hydrogen) atoms. The Kier molecular flexibility index (Phi) is 54.1. The molecule has 7 nitrogen and oxygen atoms in total. The van der Waals surface area contributed by atoms with Gasteiger partial charge < -0.3 is 46.2 Å². The number of amides is 1. The summed E-state index contributed by atoms with van der Waals surface area (Å²) < 4.78 is 0. The molecule has 0 aromatic rings. The van der Waals surface area contributed by atoms with Crippen LogP contribution in [-0.4, -0.2) is 53.4 Å². The minimum absolute atomic E-state index is 0. The molecule has 0 heterocycles. The Balaban J connectivity index is -0.000000150. The second-order valence-corrected chi connectivity index (χ2v) is 9.98. The van der Waals surface area contributed by atoms with Crippen molar-refractivity contribution in [2.45, 2.75) is 142 Å². The van der Waals surface area contributed by atoms with Gasteiger partial charge >= 0.3 is 0 Å². The smallest absolute Gasteiger partial charge is 0.235 e. The van der Waals surface area contributed by atoms with Gasteiger partial charge in [0.1, 0.15) is 0 Å². The Morgan fingerprint density at radius 1 is 0.700 bits per heavy atom. The summed E-state index contributed by atoms with van der Waals surface area (Å²) in [5.41, 5.74) is 16.6. The molecule has 8 N–H and O–H groups in total. The molecule has 9 heteroatoms. The van der Waals surface area contributed by atoms with Crippen LogP contribution in [-0.2, 0) is 46.9 Å². The van der Waals surface area contributed by atoms with E-state index in [9.17, 15) is 4.79 Å². The number of rotatable bonds is 23. The Morgan fingerprint density at radius 2 is 1.00 bits per heavy atom. The third-order valence-electron chi connectivity index (χ3n) is 6.36. The summed E-state index contributed by atoms with van der Waals surface area (Å²) in [5.74, 6) is -0.209. The van der Waals surface area contributed by atoms with Gasteiger partial charge in [0.05, 0.1) is 6.04 Å². The molecular weight excluding hydrogens is 844 g/mol. The van der Waals surface area contributed by atoms with Crippen LogP contribution in [0.5, 0.6) is 0 Å². The molecule has 242 valence electrons. The van der Waals surface area contributed by atoms with E-state index in [2.05, 4.69) is 27.7 Å². The van der Waals surface area contributed by atoms with Crippen LogP contribution in [0.3, 0.4) is 0 Å². The van der Waals surface area contributed by atoms with E-state index in [0.717, 1.165) is 12.8 Å². The molecule has 0 aromatic carbocycles. The zero-order chi connectivity index (χ0) is 29.3. The number of carbonyl (C=O) groups excluding carboxylic acids is 1. The van der Waals surface area contributed by atoms with Gasteiger partial charge in [-0.2, -0.15) is 0 Å². The average molecular weight is 911 g/mol. The Hall–Kier alpha value is 0.0666. The summed E-state index contributed by atoms with van der Waals surface area (Å²) in [5, 5.41) is 17.1. The second-order valence-electron chi connectivity index (χ2n) is 9.98. The van der Waals surface area contributed by atoms with Crippen LogP contribution in [0.2, 0.25) is 0 Å². The zero-order valence-corrected chi connectivity index (χ0v) is 32.0. The van der Waals surface area contributed by atoms with Crippen molar-refractivity contribution >= 4 is 5.91 Å². The molecule has 1 unspecified atom stereocenters. The molecular formula is C31H66N4O3W2-2. The van der Waals surface area contributed by atoms with E-state index in [0.29, 0.717) is 32.0 Å². The summed E-state index contributed by atoms with van der Waals surface area (Å²) in [6.07, 6.45) is 25.2. The third-order valence-corrected chi connectivity index (χ3v) is 6.36. The van der Waals surface area contributed by atoms with Crippen molar-refractivity contribution in [1.82, 2.24) is 4.90 Å². The van der Waals surface area contributed by atoms with Crippen LogP contribution >= 0.6 is 0 Å². The Labute approximate surface area is 277 Å². The van der Waals surface area contributed by atoms with Gasteiger partial charge in [-0.3, -0.25) is 4.79 Å². The summed E-state index contributed by atoms with van der Waals surface area (Å²) in [7, 11) is 0. The Bertz CT molecular complexity index is 457. The van der Waals surface area contributed by atoms with Crippen molar-refractivity contribution in [1.29, 1.82) is 0 Å². The normalized spacial score (nSPS) is 11.1. The molecule has 0 aliphatic rings. The van der Waals surface area contributed by atoms with E-state index in [-0.39, 0.29) is 54.5 Å². The molecule has 0 aliphatic carbocycles. The predicted molar refractivity (Wildman–Crippen MR) is 165 cm³/mol. The van der Waals surface area contributed by atoms with Crippen LogP contribution in [0.25, 0.3) is 0 Å². The maximum atomic E-state index is 11.6. The maximum Gasteiger partial charge on any atom is 0.235 e. The van der Waals surface area contributed by atoms with E-state index < -0.39 is 6.04 Å². The number of nitrogens with two attached hydrogens (primary N) is 3. The summed E-state index contributed by atoms with van der Waals surface area (Å²) in [4.78, 5) is 13.0. The number of aliphatic hydroxyl groups is 2. The monoisotopic (exact) mass is 910 g/mol. The van der Waals surface area contributed by atoms with Crippen LogP contribution < -0.4 is 17.2 Å². The number of hydrogen-bond donors (Lipinski definition) is 5. The topological polar surface area (TPSA) is 139 Å². The largest absolute Gasteiger partial charge is 0.403 e. The fraction of sp³-hybridized carbons (Fsp3) is 0.839. The molecule has 0 spiro atoms. The first kappa shape index (κ1) is 49.7. The first-order valence-corrected chi connectivity index (χ1v) is 15.4. The van der Waals surface area contributed by atoms with Crippen molar-refractivity contribution in [2.24, 2.45) is 17.2 Å². The number of aliphatic hydroxyl groups excluding tert-OH is 2. The number of hydrogen-bond acceptors (Lipinski definition) is 6. The number of carbonyl (C=O) groups is 1. The third kappa shape index (κ3) is 40.2. The van der Waals surface area contributed by atoms with Crippen LogP contribution in [0, 0.1) is 13.8 Å². The molecule has 0 radical (unpaired) electrons. The van der Waals surface area contributed by atoms with Crippen molar-refractivity contribution in [2.75, 3.05) is 26.3 Å². The molecule has 0 aliphatic heterocycles. The zero-order valence-electron chi connectivity index (χ0n) is 26.1. The molecule has 0 bridgehead atoms. The van der Waals surface area contributed by atoms with Crippen molar-refractivity contribution in [3.8, 4) is 0 Å². The van der Waals surface area contributed by atoms with Gasteiger partial charge in [-0.15, -0.1) is 13.1 Å². The summed E-state index contributed by atoms with van der Waals surface area (Å²) in [6, 6.07) is -0.668. The van der Waals surface area contributed by atoms with Crippen LogP contribution in [0.4, 0.5) is 0 Å². The van der Waals surface area contributed by atoms with Gasteiger partial charge in [-0.05, 0) is 12.8 Å². The first-order valence-electron chi connectivity index (χ1n) is 15.4. The molecule has 0 saturated heterocycles. The number of unbranched alkanes of at least 4 members (excludes halogenated alkanes) is 16. The van der Waals surface area contributed by atoms with E-state index in [4.69, 9.17) is 27.4 Å². The first-order chi connectivity index (χ1) is 18.4. The van der Waals surface area contributed by atoms with E-state index in [1.54, 1.807) is 0 Å². The summed E-state index contributed by atoms with van der Waals surface area (Å²) in [6.45, 7) is 13.1. The van der Waals surface area contributed by atoms with Gasteiger partial charge in [-0.25, -0.2) is 0 Å². The molecule has 0 saturated carbocycles. The van der Waals surface area contributed by atoms with Gasteiger partial charge in [0.2, 0.25) is 5.91 Å². The predicted octanol–water partition coefficient (Wildman–Crippen LogP) is 5.97. The van der Waals surface area contributed by atoms with Crippen LogP contribution in [0.1, 0.15) is 136 Å². The minimum Gasteiger partial charge on any atom is -0.403 e. The van der Waals surface area contributed by atoms with Gasteiger partial charge in [0.15, 0.2) is 0 Å². The number of nitrogens with zero attached hydrogens (tertiary/aromatic N) is 1. The minimum atomic E-state index is -0.668. The molecule has 0 fully saturated rings. The van der Waals surface area contributed by atoms with E-state index >= 15 is 0 Å². The van der Waals surface area contributed by atoms with E-state index in [1.165, 1.54) is 114 Å². The molecule has 0 rings (SSSR count). The SMILES string of the molecule is CCCCCCCCCCCO.CCCCCCCCCCCO.[CH2-]CN(C[CH2-])C(=O)C(N)C/C(N)=C/N.[W].[W]. The van der Waals surface area contributed by atoms with Crippen molar-refractivity contribution in [3.05, 3.63) is 25.7 Å². The second kappa shape index (κ2) is 43.5. The molecule has 1 atom stereocenters. The van der Waals surface area contributed by atoms with Gasteiger partial charge in [0.25, 0.3) is 0 Å². The van der Waals surface area contributed by atoms with Gasteiger partial charge in [0, 0.05) is 73.7 Å². The standard InChI is InChI=1S/2C11H24O.C9H18N4O.2W/c2*1-2-3-4-5-6-7-8-9-10-11-12;1-3-13(4-2)9(14)8(12)5-7(11)6-10;;/h2*12H,2-11H2,1H3;6,8H,1-5,10-12H2;;/q;;-2;;/b;;7-6-;;. The fourth-order valence-electron chi connectivity index (χ4n) is 3.82. The average Bonchev–Trinajstić information content (AvgIpc) is 2.93. The van der Waals surface area contributed by atoms with Gasteiger partial charge in [-0.1, -0.05) is 117 Å². The van der Waals surface area contributed by atoms with Crippen molar-refractivity contribution < 1.29 is 57.1 Å². The van der Waals surface area contributed by atoms with E-state index in [1.807, 2.05) is 0 Å². The summed E-state index contributed by atoms with van der Waals surface area (Å²) >= 11 is 0. The Morgan fingerprint density at radius 3 is 1.25 bits per heavy atom. The fourth-order valence-corrected chi connectivity index (χ4v) is 3.82. The van der Waals surface area contributed by atoms with Crippen molar-refractivity contribution in [3.63, 3.8) is 0 Å². The quantitative estimate of drug-likeness (QED) is 0.0633. The van der Waals surface area contributed by atoms with Crippen LogP contribution in [0.15, 0.2) is 11.9 Å². The molecule has 1 amide bonds. The molecule has 0 aromatic heterocycles.